The fraction of sp³-hybridized carbons (Fsp3) is 0.308. The Bertz CT molecular complexity index is 510. The number of esters is 2. The van der Waals surface area contributed by atoms with Gasteiger partial charge in [0.2, 0.25) is 0 Å². The highest BCUT2D eigenvalue weighted by molar-refractivity contribution is 9.10. The van der Waals surface area contributed by atoms with Crippen LogP contribution >= 0.6 is 15.9 Å². The van der Waals surface area contributed by atoms with Crippen LogP contribution in [0.2, 0.25) is 0 Å². The van der Waals surface area contributed by atoms with E-state index in [2.05, 4.69) is 20.7 Å². The third-order valence-corrected chi connectivity index (χ3v) is 2.86. The smallest absolute Gasteiger partial charge is 0.379 e. The molecule has 0 aliphatic rings. The van der Waals surface area contributed by atoms with Crippen molar-refractivity contribution >= 4 is 33.7 Å². The Hall–Kier alpha value is -1.69. The maximum Gasteiger partial charge on any atom is 0.379 e. The number of carbonyl (C=O) groups excluding carboxylic acids is 3. The number of benzene rings is 1. The average molecular weight is 329 g/mol. The third-order valence-electron chi connectivity index (χ3n) is 2.20. The van der Waals surface area contributed by atoms with Gasteiger partial charge in [0.15, 0.2) is 0 Å². The highest BCUT2D eigenvalue weighted by atomic mass is 79.9. The van der Waals surface area contributed by atoms with E-state index in [4.69, 9.17) is 4.74 Å². The molecule has 0 saturated heterocycles. The molecule has 0 unspecified atom stereocenters. The second-order valence-electron chi connectivity index (χ2n) is 3.43. The molecule has 0 amide bonds. The fourth-order valence-electron chi connectivity index (χ4n) is 1.43. The van der Waals surface area contributed by atoms with E-state index in [1.165, 1.54) is 6.07 Å². The number of rotatable bonds is 5. The summed E-state index contributed by atoms with van der Waals surface area (Å²) in [6.07, 6.45) is 0. The molecule has 0 atom stereocenters. The molecule has 0 heterocycles. The minimum Gasteiger partial charge on any atom is -0.462 e. The van der Waals surface area contributed by atoms with Crippen LogP contribution in [0.4, 0.5) is 0 Å². The van der Waals surface area contributed by atoms with Crippen molar-refractivity contribution in [2.24, 2.45) is 0 Å². The molecule has 0 saturated carbocycles. The predicted octanol–water partition coefficient (Wildman–Crippen LogP) is 2.37. The van der Waals surface area contributed by atoms with Crippen molar-refractivity contribution < 1.29 is 23.9 Å². The van der Waals surface area contributed by atoms with Gasteiger partial charge in [-0.25, -0.2) is 9.59 Å². The van der Waals surface area contributed by atoms with Crippen LogP contribution in [0.15, 0.2) is 22.7 Å². The van der Waals surface area contributed by atoms with Crippen molar-refractivity contribution in [3.05, 3.63) is 33.8 Å². The van der Waals surface area contributed by atoms with E-state index >= 15 is 0 Å². The Morgan fingerprint density at radius 2 is 1.74 bits per heavy atom. The van der Waals surface area contributed by atoms with E-state index in [-0.39, 0.29) is 24.3 Å². The van der Waals surface area contributed by atoms with Crippen molar-refractivity contribution in [1.29, 1.82) is 0 Å². The molecule has 1 aromatic rings. The Kier molecular flexibility index (Phi) is 5.69. The highest BCUT2D eigenvalue weighted by Crippen LogP contribution is 2.22. The first-order chi connectivity index (χ1) is 9.02. The van der Waals surface area contributed by atoms with Gasteiger partial charge >= 0.3 is 11.9 Å². The standard InChI is InChI=1S/C13H13BrO5/c1-3-18-12(16)8-6-5-7-9(14)10(8)11(15)13(17)19-4-2/h5-7H,3-4H2,1-2H3. The quantitative estimate of drug-likeness (QED) is 0.471. The van der Waals surface area contributed by atoms with Crippen LogP contribution in [0.1, 0.15) is 34.6 Å². The lowest BCUT2D eigenvalue weighted by Crippen LogP contribution is -2.21. The molecular weight excluding hydrogens is 316 g/mol. The maximum absolute atomic E-state index is 12.0. The SMILES string of the molecule is CCOC(=O)C(=O)c1c(Br)cccc1C(=O)OCC. The zero-order chi connectivity index (χ0) is 14.4. The van der Waals surface area contributed by atoms with Crippen LogP contribution in [0, 0.1) is 0 Å². The van der Waals surface area contributed by atoms with Gasteiger partial charge in [-0.1, -0.05) is 22.0 Å². The van der Waals surface area contributed by atoms with Crippen LogP contribution in [-0.2, 0) is 14.3 Å². The Balaban J connectivity index is 3.21. The number of ether oxygens (including phenoxy) is 2. The molecule has 0 aliphatic carbocycles. The number of hydrogen-bond acceptors (Lipinski definition) is 5. The van der Waals surface area contributed by atoms with Gasteiger partial charge < -0.3 is 9.47 Å². The van der Waals surface area contributed by atoms with E-state index in [1.54, 1.807) is 26.0 Å². The van der Waals surface area contributed by atoms with Crippen molar-refractivity contribution in [2.75, 3.05) is 13.2 Å². The normalized spacial score (nSPS) is 9.84. The third kappa shape index (κ3) is 3.64. The van der Waals surface area contributed by atoms with E-state index in [0.29, 0.717) is 4.47 Å². The number of carbonyl (C=O) groups is 3. The lowest BCUT2D eigenvalue weighted by atomic mass is 10.0. The average Bonchev–Trinajstić information content (AvgIpc) is 2.38. The van der Waals surface area contributed by atoms with Crippen LogP contribution in [0.3, 0.4) is 0 Å². The Morgan fingerprint density at radius 1 is 1.11 bits per heavy atom. The molecule has 1 rings (SSSR count). The van der Waals surface area contributed by atoms with E-state index in [1.807, 2.05) is 0 Å². The van der Waals surface area contributed by atoms with Crippen molar-refractivity contribution in [3.8, 4) is 0 Å². The first-order valence-electron chi connectivity index (χ1n) is 5.70. The summed E-state index contributed by atoms with van der Waals surface area (Å²) in [4.78, 5) is 35.2. The molecule has 0 bridgehead atoms. The van der Waals surface area contributed by atoms with Crippen molar-refractivity contribution in [3.63, 3.8) is 0 Å². The zero-order valence-corrected chi connectivity index (χ0v) is 12.2. The first kappa shape index (κ1) is 15.4. The molecule has 0 spiro atoms. The first-order valence-corrected chi connectivity index (χ1v) is 6.49. The van der Waals surface area contributed by atoms with Crippen molar-refractivity contribution in [2.45, 2.75) is 13.8 Å². The summed E-state index contributed by atoms with van der Waals surface area (Å²) in [6.45, 7) is 3.52. The number of ketones is 1. The summed E-state index contributed by atoms with van der Waals surface area (Å²) >= 11 is 3.15. The lowest BCUT2D eigenvalue weighted by molar-refractivity contribution is -0.137. The molecule has 0 N–H and O–H groups in total. The second kappa shape index (κ2) is 7.04. The summed E-state index contributed by atoms with van der Waals surface area (Å²) < 4.78 is 9.84. The molecule has 0 radical (unpaired) electrons. The summed E-state index contributed by atoms with van der Waals surface area (Å²) in [5.41, 5.74) is -0.00585. The number of halogens is 1. The number of Topliss-reactive ketones (excluding diaryl/α,β-unsaturated/α-hetero) is 1. The minimum absolute atomic E-state index is 0.0364. The van der Waals surface area contributed by atoms with Gasteiger partial charge in [0.1, 0.15) is 0 Å². The fourth-order valence-corrected chi connectivity index (χ4v) is 1.98. The van der Waals surface area contributed by atoms with Crippen LogP contribution in [0.25, 0.3) is 0 Å². The van der Waals surface area contributed by atoms with E-state index in [0.717, 1.165) is 0 Å². The molecule has 0 aliphatic heterocycles. The highest BCUT2D eigenvalue weighted by Gasteiger charge is 2.26. The Labute approximate surface area is 119 Å². The molecule has 0 fully saturated rings. The monoisotopic (exact) mass is 328 g/mol. The minimum atomic E-state index is -1.00. The Morgan fingerprint density at radius 3 is 2.32 bits per heavy atom. The topological polar surface area (TPSA) is 69.7 Å². The maximum atomic E-state index is 12.0. The van der Waals surface area contributed by atoms with Crippen LogP contribution in [-0.4, -0.2) is 30.9 Å². The molecule has 19 heavy (non-hydrogen) atoms. The van der Waals surface area contributed by atoms with Crippen LogP contribution in [0.5, 0.6) is 0 Å². The van der Waals surface area contributed by atoms with Gasteiger partial charge in [0.05, 0.1) is 24.3 Å². The van der Waals surface area contributed by atoms with Crippen molar-refractivity contribution in [1.82, 2.24) is 0 Å². The molecular formula is C13H13BrO5. The molecule has 6 heteroatoms. The van der Waals surface area contributed by atoms with Gasteiger partial charge in [-0.2, -0.15) is 0 Å². The molecule has 102 valence electrons. The van der Waals surface area contributed by atoms with Gasteiger partial charge in [-0.3, -0.25) is 4.79 Å². The predicted molar refractivity (Wildman–Crippen MR) is 71.1 cm³/mol. The molecule has 1 aromatic carbocycles. The zero-order valence-electron chi connectivity index (χ0n) is 10.6. The van der Waals surface area contributed by atoms with E-state index < -0.39 is 17.7 Å². The van der Waals surface area contributed by atoms with Crippen LogP contribution < -0.4 is 0 Å². The van der Waals surface area contributed by atoms with E-state index in [9.17, 15) is 14.4 Å². The van der Waals surface area contributed by atoms with Gasteiger partial charge in [-0.05, 0) is 26.0 Å². The summed E-state index contributed by atoms with van der Waals surface area (Å²) in [7, 11) is 0. The number of hydrogen-bond donors (Lipinski definition) is 0. The largest absolute Gasteiger partial charge is 0.462 e. The molecule has 0 aromatic heterocycles. The lowest BCUT2D eigenvalue weighted by Gasteiger charge is -2.09. The molecule has 5 nitrogen and oxygen atoms in total. The summed E-state index contributed by atoms with van der Waals surface area (Å²) in [5.74, 6) is -2.53. The van der Waals surface area contributed by atoms with Gasteiger partial charge in [0.25, 0.3) is 5.78 Å². The summed E-state index contributed by atoms with van der Waals surface area (Å²) in [5, 5.41) is 0. The van der Waals surface area contributed by atoms with Gasteiger partial charge in [-0.15, -0.1) is 0 Å². The van der Waals surface area contributed by atoms with Gasteiger partial charge in [0, 0.05) is 4.47 Å². The summed E-state index contributed by atoms with van der Waals surface area (Å²) in [6, 6.07) is 4.57. The second-order valence-corrected chi connectivity index (χ2v) is 4.29.